The first kappa shape index (κ1) is 13.1. The second kappa shape index (κ2) is 5.95. The number of carbonyl (C=O) groups is 2. The molecule has 1 aromatic carbocycles. The molecule has 2 amide bonds. The number of benzene rings is 1. The number of anilines is 1. The molecule has 3 N–H and O–H groups in total. The van der Waals surface area contributed by atoms with E-state index in [1.807, 2.05) is 6.07 Å². The molecular formula is C11H13N3O2S. The van der Waals surface area contributed by atoms with Crippen molar-refractivity contribution < 1.29 is 9.59 Å². The summed E-state index contributed by atoms with van der Waals surface area (Å²) >= 11 is 4.60. The summed E-state index contributed by atoms with van der Waals surface area (Å²) in [5.74, 6) is -1.39. The van der Waals surface area contributed by atoms with Gasteiger partial charge in [-0.15, -0.1) is 0 Å². The quantitative estimate of drug-likeness (QED) is 0.588. The number of amides is 2. The van der Waals surface area contributed by atoms with Gasteiger partial charge in [0.15, 0.2) is 0 Å². The summed E-state index contributed by atoms with van der Waals surface area (Å²) in [5.41, 5.74) is 5.86. The van der Waals surface area contributed by atoms with E-state index >= 15 is 0 Å². The first-order valence-corrected chi connectivity index (χ1v) is 5.32. The van der Waals surface area contributed by atoms with Crippen LogP contribution in [0.1, 0.15) is 0 Å². The Morgan fingerprint density at radius 2 is 1.94 bits per heavy atom. The van der Waals surface area contributed by atoms with Crippen LogP contribution in [0.2, 0.25) is 0 Å². The van der Waals surface area contributed by atoms with Crippen LogP contribution in [0.25, 0.3) is 0 Å². The number of carbonyl (C=O) groups excluding carboxylic acids is 2. The van der Waals surface area contributed by atoms with E-state index in [1.54, 1.807) is 24.3 Å². The zero-order valence-electron chi connectivity index (χ0n) is 9.34. The Morgan fingerprint density at radius 3 is 2.47 bits per heavy atom. The Hall–Kier alpha value is -1.95. The van der Waals surface area contributed by atoms with E-state index in [9.17, 15) is 9.59 Å². The Kier molecular flexibility index (Phi) is 4.59. The molecule has 0 bridgehead atoms. The monoisotopic (exact) mass is 251 g/mol. The summed E-state index contributed by atoms with van der Waals surface area (Å²) in [6.45, 7) is 0.0164. The van der Waals surface area contributed by atoms with Gasteiger partial charge in [-0.05, 0) is 12.1 Å². The van der Waals surface area contributed by atoms with Crippen molar-refractivity contribution >= 4 is 34.7 Å². The van der Waals surface area contributed by atoms with E-state index in [-0.39, 0.29) is 11.5 Å². The van der Waals surface area contributed by atoms with E-state index < -0.39 is 11.8 Å². The summed E-state index contributed by atoms with van der Waals surface area (Å²) in [5, 5.41) is 2.34. The third-order valence-electron chi connectivity index (χ3n) is 2.07. The summed E-state index contributed by atoms with van der Waals surface area (Å²) in [6, 6.07) is 8.87. The molecule has 0 radical (unpaired) electrons. The maximum Gasteiger partial charge on any atom is 0.316 e. The fraction of sp³-hybridized carbons (Fsp3) is 0.182. The smallest absolute Gasteiger partial charge is 0.316 e. The zero-order valence-corrected chi connectivity index (χ0v) is 10.2. The molecule has 0 spiro atoms. The van der Waals surface area contributed by atoms with Crippen LogP contribution in [-0.4, -0.2) is 30.4 Å². The number of para-hydroxylation sites is 1. The van der Waals surface area contributed by atoms with E-state index in [4.69, 9.17) is 5.73 Å². The average Bonchev–Trinajstić information content (AvgIpc) is 2.35. The van der Waals surface area contributed by atoms with Crippen molar-refractivity contribution in [1.82, 2.24) is 5.32 Å². The highest BCUT2D eigenvalue weighted by atomic mass is 32.1. The molecule has 0 aliphatic carbocycles. The van der Waals surface area contributed by atoms with Crippen molar-refractivity contribution in [2.24, 2.45) is 5.73 Å². The number of hydrogen-bond donors (Lipinski definition) is 2. The Morgan fingerprint density at radius 1 is 1.35 bits per heavy atom. The highest BCUT2D eigenvalue weighted by Gasteiger charge is 2.19. The Balaban J connectivity index is 2.64. The van der Waals surface area contributed by atoms with Gasteiger partial charge in [0.2, 0.25) is 0 Å². The third-order valence-corrected chi connectivity index (χ3v) is 2.21. The molecule has 90 valence electrons. The molecule has 6 heteroatoms. The molecule has 0 fully saturated rings. The van der Waals surface area contributed by atoms with Gasteiger partial charge in [-0.2, -0.15) is 0 Å². The third kappa shape index (κ3) is 3.84. The molecule has 0 saturated carbocycles. The van der Waals surface area contributed by atoms with Crippen LogP contribution in [0, 0.1) is 0 Å². The predicted molar refractivity (Wildman–Crippen MR) is 69.6 cm³/mol. The highest BCUT2D eigenvalue weighted by Crippen LogP contribution is 2.10. The molecular weight excluding hydrogens is 238 g/mol. The van der Waals surface area contributed by atoms with Crippen LogP contribution in [0.5, 0.6) is 0 Å². The van der Waals surface area contributed by atoms with E-state index in [0.29, 0.717) is 5.69 Å². The molecule has 0 saturated heterocycles. The van der Waals surface area contributed by atoms with Crippen LogP contribution in [-0.2, 0) is 9.59 Å². The minimum atomic E-state index is -0.732. The van der Waals surface area contributed by atoms with Crippen LogP contribution < -0.4 is 16.0 Å². The molecule has 17 heavy (non-hydrogen) atoms. The van der Waals surface area contributed by atoms with Crippen molar-refractivity contribution in [3.8, 4) is 0 Å². The number of hydrogen-bond acceptors (Lipinski definition) is 3. The number of likely N-dealkylation sites (N-methyl/N-ethyl adjacent to an activating group) is 1. The van der Waals surface area contributed by atoms with Crippen molar-refractivity contribution in [1.29, 1.82) is 0 Å². The van der Waals surface area contributed by atoms with Gasteiger partial charge in [0.25, 0.3) is 0 Å². The number of nitrogens with one attached hydrogen (secondary N) is 1. The molecule has 1 aromatic rings. The largest absolute Gasteiger partial charge is 0.392 e. The molecule has 0 aromatic heterocycles. The fourth-order valence-electron chi connectivity index (χ4n) is 1.16. The van der Waals surface area contributed by atoms with Crippen LogP contribution in [0.15, 0.2) is 30.3 Å². The van der Waals surface area contributed by atoms with Gasteiger partial charge in [0.05, 0.1) is 11.5 Å². The van der Waals surface area contributed by atoms with Crippen LogP contribution >= 0.6 is 12.2 Å². The SMILES string of the molecule is CN(C(=O)C(=O)NCC(N)=S)c1ccccc1. The van der Waals surface area contributed by atoms with Crippen molar-refractivity contribution in [3.05, 3.63) is 30.3 Å². The maximum atomic E-state index is 11.7. The fourth-order valence-corrected chi connectivity index (χ4v) is 1.24. The molecule has 5 nitrogen and oxygen atoms in total. The normalized spacial score (nSPS) is 9.47. The van der Waals surface area contributed by atoms with E-state index in [0.717, 1.165) is 0 Å². The minimum absolute atomic E-state index is 0.0164. The number of nitrogens with zero attached hydrogens (tertiary/aromatic N) is 1. The van der Waals surface area contributed by atoms with Crippen molar-refractivity contribution in [2.75, 3.05) is 18.5 Å². The lowest BCUT2D eigenvalue weighted by Crippen LogP contribution is -2.43. The number of rotatable bonds is 3. The molecule has 0 aliphatic heterocycles. The highest BCUT2D eigenvalue weighted by molar-refractivity contribution is 7.80. The first-order valence-electron chi connectivity index (χ1n) is 4.91. The predicted octanol–water partition coefficient (Wildman–Crippen LogP) is 0.0517. The van der Waals surface area contributed by atoms with Gasteiger partial charge in [-0.25, -0.2) is 0 Å². The average molecular weight is 251 g/mol. The molecule has 0 heterocycles. The molecule has 0 aliphatic rings. The summed E-state index contributed by atoms with van der Waals surface area (Å²) < 4.78 is 0. The molecule has 0 unspecified atom stereocenters. The zero-order chi connectivity index (χ0) is 12.8. The minimum Gasteiger partial charge on any atom is -0.392 e. The molecule has 0 atom stereocenters. The maximum absolute atomic E-state index is 11.7. The Bertz CT molecular complexity index is 434. The summed E-state index contributed by atoms with van der Waals surface area (Å²) in [6.07, 6.45) is 0. The summed E-state index contributed by atoms with van der Waals surface area (Å²) in [7, 11) is 1.53. The van der Waals surface area contributed by atoms with Gasteiger partial charge in [0.1, 0.15) is 0 Å². The lowest BCUT2D eigenvalue weighted by molar-refractivity contribution is -0.137. The van der Waals surface area contributed by atoms with Crippen molar-refractivity contribution in [2.45, 2.75) is 0 Å². The first-order chi connectivity index (χ1) is 8.02. The van der Waals surface area contributed by atoms with Crippen LogP contribution in [0.4, 0.5) is 5.69 Å². The standard InChI is InChI=1S/C11H13N3O2S/c1-14(8-5-3-2-4-6-8)11(16)10(15)13-7-9(12)17/h2-6H,7H2,1H3,(H2,12,17)(H,13,15). The van der Waals surface area contributed by atoms with E-state index in [1.165, 1.54) is 11.9 Å². The number of thiocarbonyl (C=S) groups is 1. The van der Waals surface area contributed by atoms with Gasteiger partial charge >= 0.3 is 11.8 Å². The Labute approximate surface area is 105 Å². The lowest BCUT2D eigenvalue weighted by atomic mass is 10.3. The van der Waals surface area contributed by atoms with Gasteiger partial charge < -0.3 is 16.0 Å². The molecule has 1 rings (SSSR count). The van der Waals surface area contributed by atoms with Gasteiger partial charge in [0, 0.05) is 12.7 Å². The van der Waals surface area contributed by atoms with Crippen molar-refractivity contribution in [3.63, 3.8) is 0 Å². The second-order valence-corrected chi connectivity index (χ2v) is 3.87. The second-order valence-electron chi connectivity index (χ2n) is 3.35. The topological polar surface area (TPSA) is 75.4 Å². The van der Waals surface area contributed by atoms with E-state index in [2.05, 4.69) is 17.5 Å². The van der Waals surface area contributed by atoms with Crippen LogP contribution in [0.3, 0.4) is 0 Å². The van der Waals surface area contributed by atoms with Gasteiger partial charge in [-0.3, -0.25) is 9.59 Å². The number of nitrogens with two attached hydrogens (primary N) is 1. The summed E-state index contributed by atoms with van der Waals surface area (Å²) in [4.78, 5) is 24.5. The lowest BCUT2D eigenvalue weighted by Gasteiger charge is -2.16. The van der Waals surface area contributed by atoms with Gasteiger partial charge in [-0.1, -0.05) is 30.4 Å².